The van der Waals surface area contributed by atoms with Gasteiger partial charge in [-0.1, -0.05) is 87.0 Å². The molecule has 0 unspecified atom stereocenters. The lowest BCUT2D eigenvalue weighted by Gasteiger charge is -2.29. The summed E-state index contributed by atoms with van der Waals surface area (Å²) in [6.07, 6.45) is 4.54. The van der Waals surface area contributed by atoms with E-state index in [1.807, 2.05) is 37.3 Å². The molecule has 1 amide bonds. The third-order valence-electron chi connectivity index (χ3n) is 5.04. The lowest BCUT2D eigenvalue weighted by molar-refractivity contribution is -0.146. The van der Waals surface area contributed by atoms with Crippen molar-refractivity contribution in [3.05, 3.63) is 57.6 Å². The maximum Gasteiger partial charge on any atom is 0.411 e. The number of carbonyl (C=O) groups is 2. The van der Waals surface area contributed by atoms with Crippen LogP contribution in [-0.2, 0) is 27.3 Å². The summed E-state index contributed by atoms with van der Waals surface area (Å²) in [6.45, 7) is 1.35. The molecule has 7 nitrogen and oxygen atoms in total. The zero-order valence-electron chi connectivity index (χ0n) is 19.9. The van der Waals surface area contributed by atoms with E-state index in [4.69, 9.17) is 60.2 Å². The summed E-state index contributed by atoms with van der Waals surface area (Å²) < 4.78 is 20.5. The van der Waals surface area contributed by atoms with Gasteiger partial charge in [-0.15, -0.1) is 6.42 Å². The van der Waals surface area contributed by atoms with E-state index in [1.54, 1.807) is 6.07 Å². The van der Waals surface area contributed by atoms with Crippen molar-refractivity contribution < 1.29 is 28.5 Å². The SMILES string of the molecule is C#CCN(C(=O)OCC(Cl)(Cl)Cl)[C@@H](Cc1cc(OCc2ccccc2)c(OC)c(C)c1Br)C(=O)OC. The summed E-state index contributed by atoms with van der Waals surface area (Å²) in [4.78, 5) is 26.6. The Kier molecular flexibility index (Phi) is 11.5. The van der Waals surface area contributed by atoms with E-state index in [2.05, 4.69) is 21.9 Å². The molecular formula is C25H25BrCl3NO6. The van der Waals surface area contributed by atoms with Gasteiger partial charge in [0.15, 0.2) is 11.5 Å². The molecule has 0 saturated heterocycles. The van der Waals surface area contributed by atoms with Crippen molar-refractivity contribution in [1.82, 2.24) is 4.90 Å². The second kappa shape index (κ2) is 13.8. The van der Waals surface area contributed by atoms with Crippen molar-refractivity contribution >= 4 is 62.8 Å². The van der Waals surface area contributed by atoms with Crippen molar-refractivity contribution in [2.75, 3.05) is 27.4 Å². The first kappa shape index (κ1) is 29.9. The quantitative estimate of drug-likeness (QED) is 0.188. The molecule has 0 aliphatic carbocycles. The maximum absolute atomic E-state index is 12.8. The van der Waals surface area contributed by atoms with Crippen molar-refractivity contribution in [1.29, 1.82) is 0 Å². The van der Waals surface area contributed by atoms with E-state index in [0.29, 0.717) is 28.1 Å². The number of benzene rings is 2. The van der Waals surface area contributed by atoms with E-state index in [9.17, 15) is 9.59 Å². The van der Waals surface area contributed by atoms with Crippen LogP contribution in [0.15, 0.2) is 40.9 Å². The van der Waals surface area contributed by atoms with Gasteiger partial charge in [-0.05, 0) is 24.1 Å². The van der Waals surface area contributed by atoms with Gasteiger partial charge in [-0.25, -0.2) is 9.59 Å². The molecule has 2 rings (SSSR count). The predicted molar refractivity (Wildman–Crippen MR) is 143 cm³/mol. The number of nitrogens with zero attached hydrogens (tertiary/aromatic N) is 1. The summed E-state index contributed by atoms with van der Waals surface area (Å²) in [5.74, 6) is 2.63. The second-order valence-electron chi connectivity index (χ2n) is 7.53. The van der Waals surface area contributed by atoms with Crippen molar-refractivity contribution in [3.63, 3.8) is 0 Å². The van der Waals surface area contributed by atoms with Crippen molar-refractivity contribution in [2.45, 2.75) is 29.8 Å². The van der Waals surface area contributed by atoms with Crippen LogP contribution in [0.1, 0.15) is 16.7 Å². The first-order chi connectivity index (χ1) is 17.0. The van der Waals surface area contributed by atoms with Crippen LogP contribution in [0.2, 0.25) is 0 Å². The second-order valence-corrected chi connectivity index (χ2v) is 10.8. The highest BCUT2D eigenvalue weighted by molar-refractivity contribution is 9.10. The Balaban J connectivity index is 2.42. The van der Waals surface area contributed by atoms with Crippen LogP contribution < -0.4 is 9.47 Å². The summed E-state index contributed by atoms with van der Waals surface area (Å²) in [5, 5.41) is 0. The van der Waals surface area contributed by atoms with Gasteiger partial charge in [0.25, 0.3) is 0 Å². The lowest BCUT2D eigenvalue weighted by Crippen LogP contribution is -2.48. The smallest absolute Gasteiger partial charge is 0.411 e. The maximum atomic E-state index is 12.8. The number of terminal acetylenes is 1. The van der Waals surface area contributed by atoms with Gasteiger partial charge in [0.2, 0.25) is 3.79 Å². The number of carbonyl (C=O) groups excluding carboxylic acids is 2. The third kappa shape index (κ3) is 8.38. The van der Waals surface area contributed by atoms with Crippen LogP contribution in [0.4, 0.5) is 4.79 Å². The lowest BCUT2D eigenvalue weighted by atomic mass is 10.0. The van der Waals surface area contributed by atoms with Crippen LogP contribution in [0.25, 0.3) is 0 Å². The summed E-state index contributed by atoms with van der Waals surface area (Å²) in [7, 11) is 2.75. The minimum absolute atomic E-state index is 0.0182. The molecular weight excluding hydrogens is 597 g/mol. The van der Waals surface area contributed by atoms with E-state index in [0.717, 1.165) is 16.0 Å². The molecule has 0 aliphatic heterocycles. The standard InChI is InChI=1S/C25H25BrCl3NO6/c1-5-11-30(24(32)36-15-25(27,28)29)19(23(31)34-4)12-18-13-20(22(33-3)16(2)21(18)26)35-14-17-9-7-6-8-10-17/h1,6-10,13,19H,11-12,14-15H2,2-4H3/t19-/m0/s1. The number of alkyl halides is 3. The topological polar surface area (TPSA) is 74.3 Å². The van der Waals surface area contributed by atoms with Gasteiger partial charge in [0.05, 0.1) is 20.8 Å². The summed E-state index contributed by atoms with van der Waals surface area (Å²) in [6, 6.07) is 10.2. The number of hydrogen-bond acceptors (Lipinski definition) is 6. The van der Waals surface area contributed by atoms with Gasteiger partial charge in [0.1, 0.15) is 19.3 Å². The van der Waals surface area contributed by atoms with Crippen molar-refractivity contribution in [2.24, 2.45) is 0 Å². The average molecular weight is 622 g/mol. The number of ether oxygens (including phenoxy) is 4. The number of amides is 1. The molecule has 0 heterocycles. The van der Waals surface area contributed by atoms with Crippen LogP contribution in [-0.4, -0.2) is 54.2 Å². The molecule has 0 aromatic heterocycles. The molecule has 2 aromatic rings. The van der Waals surface area contributed by atoms with Crippen molar-refractivity contribution in [3.8, 4) is 23.8 Å². The van der Waals surface area contributed by atoms with Gasteiger partial charge in [-0.3, -0.25) is 4.90 Å². The van der Waals surface area contributed by atoms with Gasteiger partial charge < -0.3 is 18.9 Å². The fourth-order valence-electron chi connectivity index (χ4n) is 3.35. The molecule has 0 aliphatic rings. The highest BCUT2D eigenvalue weighted by Gasteiger charge is 2.34. The average Bonchev–Trinajstić information content (AvgIpc) is 2.85. The summed E-state index contributed by atoms with van der Waals surface area (Å²) >= 11 is 20.6. The fourth-order valence-corrected chi connectivity index (χ4v) is 3.97. The highest BCUT2D eigenvalue weighted by atomic mass is 79.9. The summed E-state index contributed by atoms with van der Waals surface area (Å²) in [5.41, 5.74) is 2.35. The van der Waals surface area contributed by atoms with Crippen LogP contribution >= 0.6 is 50.7 Å². The normalized spacial score (nSPS) is 11.7. The predicted octanol–water partition coefficient (Wildman–Crippen LogP) is 5.87. The Morgan fingerprint density at radius 3 is 2.42 bits per heavy atom. The first-order valence-corrected chi connectivity index (χ1v) is 12.5. The van der Waals surface area contributed by atoms with Crippen LogP contribution in [0.3, 0.4) is 0 Å². The monoisotopic (exact) mass is 619 g/mol. The fraction of sp³-hybridized carbons (Fsp3) is 0.360. The Bertz CT molecular complexity index is 1100. The number of methoxy groups -OCH3 is 2. The van der Waals surface area contributed by atoms with E-state index in [1.165, 1.54) is 14.2 Å². The van der Waals surface area contributed by atoms with Gasteiger partial charge >= 0.3 is 12.1 Å². The minimum Gasteiger partial charge on any atom is -0.493 e. The molecule has 2 aromatic carbocycles. The molecule has 1 atom stereocenters. The third-order valence-corrected chi connectivity index (χ3v) is 6.47. The van der Waals surface area contributed by atoms with E-state index < -0.39 is 28.5 Å². The first-order valence-electron chi connectivity index (χ1n) is 10.6. The van der Waals surface area contributed by atoms with Crippen LogP contribution in [0.5, 0.6) is 11.5 Å². The Morgan fingerprint density at radius 2 is 1.86 bits per heavy atom. The molecule has 0 bridgehead atoms. The molecule has 36 heavy (non-hydrogen) atoms. The zero-order chi connectivity index (χ0) is 26.9. The van der Waals surface area contributed by atoms with Crippen LogP contribution in [0, 0.1) is 19.3 Å². The Labute approximate surface area is 234 Å². The van der Waals surface area contributed by atoms with Gasteiger partial charge in [0, 0.05) is 16.5 Å². The minimum atomic E-state index is -1.83. The molecule has 11 heteroatoms. The van der Waals surface area contributed by atoms with Gasteiger partial charge in [-0.2, -0.15) is 0 Å². The number of halogens is 4. The van der Waals surface area contributed by atoms with E-state index >= 15 is 0 Å². The molecule has 0 spiro atoms. The molecule has 194 valence electrons. The number of hydrogen-bond donors (Lipinski definition) is 0. The molecule has 0 saturated carbocycles. The Hall–Kier alpha value is -2.31. The van der Waals surface area contributed by atoms with E-state index in [-0.39, 0.29) is 13.0 Å². The zero-order valence-corrected chi connectivity index (χ0v) is 23.7. The highest BCUT2D eigenvalue weighted by Crippen LogP contribution is 2.39. The largest absolute Gasteiger partial charge is 0.493 e. The molecule has 0 fully saturated rings. The Morgan fingerprint density at radius 1 is 1.19 bits per heavy atom. The molecule has 0 N–H and O–H groups in total. The number of esters is 1. The molecule has 0 radical (unpaired) electrons. The number of rotatable bonds is 10.